The maximum absolute atomic E-state index is 8.37. The van der Waals surface area contributed by atoms with E-state index in [9.17, 15) is 0 Å². The number of hydrogen-bond donors (Lipinski definition) is 1. The summed E-state index contributed by atoms with van der Waals surface area (Å²) in [6, 6.07) is 3.58. The highest BCUT2D eigenvalue weighted by Gasteiger charge is 1.99. The molecule has 1 aromatic rings. The van der Waals surface area contributed by atoms with E-state index in [2.05, 4.69) is 4.98 Å². The van der Waals surface area contributed by atoms with Crippen molar-refractivity contribution >= 4 is 17.3 Å². The molecular formula is C7H6ClN3. The second-order valence-corrected chi connectivity index (χ2v) is 2.43. The Morgan fingerprint density at radius 3 is 3.09 bits per heavy atom. The third kappa shape index (κ3) is 1.82. The van der Waals surface area contributed by atoms with Gasteiger partial charge in [0.25, 0.3) is 0 Å². The smallest absolute Gasteiger partial charge is 0.129 e. The highest BCUT2D eigenvalue weighted by molar-refractivity contribution is 6.29. The standard InChI is InChI=1S/C7H6ClN3/c8-7-3-5(1-2-9)6(10)4-11-7/h3-4H,1,10H2. The minimum atomic E-state index is 0.272. The molecule has 0 saturated carbocycles. The molecule has 0 saturated heterocycles. The van der Waals surface area contributed by atoms with Gasteiger partial charge in [-0.05, 0) is 11.6 Å². The lowest BCUT2D eigenvalue weighted by Crippen LogP contribution is -1.94. The molecule has 4 heteroatoms. The maximum Gasteiger partial charge on any atom is 0.129 e. The number of nitrogens with zero attached hydrogens (tertiary/aromatic N) is 2. The molecule has 0 radical (unpaired) electrons. The molecule has 0 aliphatic rings. The van der Waals surface area contributed by atoms with Gasteiger partial charge in [-0.15, -0.1) is 0 Å². The van der Waals surface area contributed by atoms with Crippen molar-refractivity contribution in [3.63, 3.8) is 0 Å². The van der Waals surface area contributed by atoms with E-state index in [1.165, 1.54) is 6.20 Å². The summed E-state index contributed by atoms with van der Waals surface area (Å²) >= 11 is 5.58. The van der Waals surface area contributed by atoms with E-state index >= 15 is 0 Å². The number of nitrogens with two attached hydrogens (primary N) is 1. The monoisotopic (exact) mass is 167 g/mol. The molecule has 0 unspecified atom stereocenters. The fourth-order valence-corrected chi connectivity index (χ4v) is 0.897. The van der Waals surface area contributed by atoms with Crippen molar-refractivity contribution in [3.05, 3.63) is 23.0 Å². The number of halogens is 1. The first-order valence-electron chi connectivity index (χ1n) is 3.01. The quantitative estimate of drug-likeness (QED) is 0.643. The third-order valence-electron chi connectivity index (χ3n) is 1.26. The van der Waals surface area contributed by atoms with Crippen LogP contribution in [0.5, 0.6) is 0 Å². The predicted molar refractivity (Wildman–Crippen MR) is 43.0 cm³/mol. The zero-order valence-corrected chi connectivity index (χ0v) is 6.47. The molecule has 2 N–H and O–H groups in total. The van der Waals surface area contributed by atoms with Gasteiger partial charge in [0.1, 0.15) is 5.15 Å². The lowest BCUT2D eigenvalue weighted by molar-refractivity contribution is 1.22. The van der Waals surface area contributed by atoms with E-state index in [0.717, 1.165) is 5.56 Å². The van der Waals surface area contributed by atoms with E-state index in [4.69, 9.17) is 22.6 Å². The van der Waals surface area contributed by atoms with Crippen molar-refractivity contribution in [2.45, 2.75) is 6.42 Å². The molecular weight excluding hydrogens is 162 g/mol. The Kier molecular flexibility index (Phi) is 2.29. The van der Waals surface area contributed by atoms with Gasteiger partial charge in [0.15, 0.2) is 0 Å². The number of nitrogen functional groups attached to an aromatic ring is 1. The third-order valence-corrected chi connectivity index (χ3v) is 1.47. The Morgan fingerprint density at radius 1 is 1.73 bits per heavy atom. The molecule has 0 fully saturated rings. The zero-order valence-electron chi connectivity index (χ0n) is 5.71. The first-order chi connectivity index (χ1) is 5.24. The van der Waals surface area contributed by atoms with Crippen molar-refractivity contribution in [2.24, 2.45) is 0 Å². The van der Waals surface area contributed by atoms with Crippen molar-refractivity contribution in [1.82, 2.24) is 4.98 Å². The van der Waals surface area contributed by atoms with E-state index < -0.39 is 0 Å². The van der Waals surface area contributed by atoms with Crippen molar-refractivity contribution in [3.8, 4) is 6.07 Å². The van der Waals surface area contributed by atoms with Crippen LogP contribution in [-0.4, -0.2) is 4.98 Å². The average Bonchev–Trinajstić information content (AvgIpc) is 1.98. The van der Waals surface area contributed by atoms with Gasteiger partial charge in [-0.3, -0.25) is 0 Å². The van der Waals surface area contributed by atoms with Crippen molar-refractivity contribution < 1.29 is 0 Å². The Bertz CT molecular complexity index is 303. The van der Waals surface area contributed by atoms with Gasteiger partial charge in [-0.25, -0.2) is 4.98 Å². The molecule has 0 atom stereocenters. The summed E-state index contributed by atoms with van der Waals surface area (Å²) in [6.07, 6.45) is 1.73. The van der Waals surface area contributed by atoms with Crippen LogP contribution >= 0.6 is 11.6 Å². The second-order valence-electron chi connectivity index (χ2n) is 2.04. The SMILES string of the molecule is N#CCc1cc(Cl)ncc1N. The number of anilines is 1. The molecule has 1 aromatic heterocycles. The number of pyridine rings is 1. The minimum Gasteiger partial charge on any atom is -0.397 e. The molecule has 0 spiro atoms. The van der Waals surface area contributed by atoms with E-state index in [-0.39, 0.29) is 6.42 Å². The minimum absolute atomic E-state index is 0.272. The van der Waals surface area contributed by atoms with Gasteiger partial charge in [-0.2, -0.15) is 5.26 Å². The summed E-state index contributed by atoms with van der Waals surface area (Å²) in [5.41, 5.74) is 6.74. The van der Waals surface area contributed by atoms with Crippen LogP contribution in [0.1, 0.15) is 5.56 Å². The van der Waals surface area contributed by atoms with Crippen molar-refractivity contribution in [2.75, 3.05) is 5.73 Å². The fourth-order valence-electron chi connectivity index (χ4n) is 0.717. The first-order valence-corrected chi connectivity index (χ1v) is 3.38. The molecule has 1 rings (SSSR count). The summed E-state index contributed by atoms with van der Waals surface area (Å²) in [6.45, 7) is 0. The summed E-state index contributed by atoms with van der Waals surface area (Å²) in [7, 11) is 0. The lowest BCUT2D eigenvalue weighted by Gasteiger charge is -1.99. The highest BCUT2D eigenvalue weighted by atomic mass is 35.5. The van der Waals surface area contributed by atoms with Gasteiger partial charge >= 0.3 is 0 Å². The van der Waals surface area contributed by atoms with Gasteiger partial charge < -0.3 is 5.73 Å². The van der Waals surface area contributed by atoms with Crippen LogP contribution in [0.15, 0.2) is 12.3 Å². The largest absolute Gasteiger partial charge is 0.397 e. The Balaban J connectivity index is 3.05. The predicted octanol–water partition coefficient (Wildman–Crippen LogP) is 1.38. The van der Waals surface area contributed by atoms with Crippen LogP contribution in [0.2, 0.25) is 5.15 Å². The average molecular weight is 168 g/mol. The number of hydrogen-bond acceptors (Lipinski definition) is 3. The van der Waals surface area contributed by atoms with Crippen LogP contribution in [0.25, 0.3) is 0 Å². The van der Waals surface area contributed by atoms with E-state index in [0.29, 0.717) is 10.8 Å². The fraction of sp³-hybridized carbons (Fsp3) is 0.143. The molecule has 0 aliphatic heterocycles. The number of nitriles is 1. The van der Waals surface area contributed by atoms with Gasteiger partial charge in [-0.1, -0.05) is 11.6 Å². The van der Waals surface area contributed by atoms with Crippen LogP contribution in [0.3, 0.4) is 0 Å². The van der Waals surface area contributed by atoms with Crippen molar-refractivity contribution in [1.29, 1.82) is 5.26 Å². The van der Waals surface area contributed by atoms with Crippen LogP contribution < -0.4 is 5.73 Å². The molecule has 0 aliphatic carbocycles. The number of aromatic nitrogens is 1. The molecule has 56 valence electrons. The Labute approximate surface area is 69.4 Å². The maximum atomic E-state index is 8.37. The molecule has 3 nitrogen and oxygen atoms in total. The molecule has 0 bridgehead atoms. The molecule has 0 aromatic carbocycles. The molecule has 1 heterocycles. The van der Waals surface area contributed by atoms with Crippen LogP contribution in [0.4, 0.5) is 5.69 Å². The second kappa shape index (κ2) is 3.22. The zero-order chi connectivity index (χ0) is 8.27. The van der Waals surface area contributed by atoms with Gasteiger partial charge in [0.2, 0.25) is 0 Å². The van der Waals surface area contributed by atoms with E-state index in [1.807, 2.05) is 6.07 Å². The van der Waals surface area contributed by atoms with Crippen LogP contribution in [0, 0.1) is 11.3 Å². The summed E-state index contributed by atoms with van der Waals surface area (Å²) in [4.78, 5) is 3.75. The first kappa shape index (κ1) is 7.83. The van der Waals surface area contributed by atoms with Gasteiger partial charge in [0, 0.05) is 0 Å². The summed E-state index contributed by atoms with van der Waals surface area (Å²) < 4.78 is 0. The number of rotatable bonds is 1. The Morgan fingerprint density at radius 2 is 2.45 bits per heavy atom. The van der Waals surface area contributed by atoms with Gasteiger partial charge in [0.05, 0.1) is 24.4 Å². The van der Waals surface area contributed by atoms with Crippen LogP contribution in [-0.2, 0) is 6.42 Å². The highest BCUT2D eigenvalue weighted by Crippen LogP contribution is 2.14. The Hall–Kier alpha value is -1.27. The molecule has 0 amide bonds. The summed E-state index contributed by atoms with van der Waals surface area (Å²) in [5.74, 6) is 0. The lowest BCUT2D eigenvalue weighted by atomic mass is 10.2. The summed E-state index contributed by atoms with van der Waals surface area (Å²) in [5, 5.41) is 8.73. The van der Waals surface area contributed by atoms with E-state index in [1.54, 1.807) is 6.07 Å². The normalized spacial score (nSPS) is 9.09. The topological polar surface area (TPSA) is 62.7 Å². The molecule has 11 heavy (non-hydrogen) atoms.